The van der Waals surface area contributed by atoms with Crippen LogP contribution in [0.2, 0.25) is 0 Å². The van der Waals surface area contributed by atoms with Crippen molar-refractivity contribution in [3.8, 4) is 0 Å². The van der Waals surface area contributed by atoms with Gasteiger partial charge in [0.25, 0.3) is 5.91 Å². The maximum absolute atomic E-state index is 12.1. The van der Waals surface area contributed by atoms with Crippen molar-refractivity contribution in [2.24, 2.45) is 11.8 Å². The SMILES string of the molecule is CC(C)=CCC/C(C)=C/CC/C(C)=C/CSCC(NC(=O)C(C)CC(=O)O)C(=O)NN. The van der Waals surface area contributed by atoms with Crippen LogP contribution in [0.4, 0.5) is 0 Å². The second-order valence-corrected chi connectivity index (χ2v) is 9.14. The predicted octanol–water partition coefficient (Wildman–Crippen LogP) is 3.72. The van der Waals surface area contributed by atoms with Gasteiger partial charge in [-0.25, -0.2) is 5.84 Å². The minimum absolute atomic E-state index is 0.291. The first kappa shape index (κ1) is 28.9. The number of thioether (sulfide) groups is 1. The number of aliphatic carboxylic acids is 1. The molecule has 0 aromatic carbocycles. The van der Waals surface area contributed by atoms with Gasteiger partial charge in [-0.2, -0.15) is 11.8 Å². The molecular formula is C23H39N3O4S. The molecule has 0 radical (unpaired) electrons. The molecule has 2 unspecified atom stereocenters. The van der Waals surface area contributed by atoms with Crippen LogP contribution in [-0.4, -0.2) is 40.4 Å². The summed E-state index contributed by atoms with van der Waals surface area (Å²) in [6.07, 6.45) is 10.5. The Balaban J connectivity index is 4.43. The summed E-state index contributed by atoms with van der Waals surface area (Å²) in [5.41, 5.74) is 6.08. The van der Waals surface area contributed by atoms with E-state index in [1.807, 2.05) is 0 Å². The first-order chi connectivity index (χ1) is 14.6. The lowest BCUT2D eigenvalue weighted by Crippen LogP contribution is -2.51. The molecule has 0 aromatic heterocycles. The number of hydrazine groups is 1. The molecule has 0 saturated carbocycles. The average Bonchev–Trinajstić information content (AvgIpc) is 2.68. The summed E-state index contributed by atoms with van der Waals surface area (Å²) >= 11 is 1.51. The number of carbonyl (C=O) groups excluding carboxylic acids is 2. The summed E-state index contributed by atoms with van der Waals surface area (Å²) in [6, 6.07) is -0.807. The number of carboxylic acid groups (broad SMARTS) is 1. The molecule has 8 heteroatoms. The molecular weight excluding hydrogens is 414 g/mol. The summed E-state index contributed by atoms with van der Waals surface area (Å²) in [7, 11) is 0. The molecule has 0 heterocycles. The minimum Gasteiger partial charge on any atom is -0.481 e. The summed E-state index contributed by atoms with van der Waals surface area (Å²) in [5.74, 6) is 3.50. The highest BCUT2D eigenvalue weighted by Crippen LogP contribution is 2.13. The lowest BCUT2D eigenvalue weighted by atomic mass is 10.1. The molecule has 7 nitrogen and oxygen atoms in total. The van der Waals surface area contributed by atoms with Crippen molar-refractivity contribution in [3.05, 3.63) is 34.9 Å². The van der Waals surface area contributed by atoms with E-state index in [9.17, 15) is 14.4 Å². The van der Waals surface area contributed by atoms with Gasteiger partial charge in [0, 0.05) is 17.4 Å². The average molecular weight is 454 g/mol. The summed E-state index contributed by atoms with van der Waals surface area (Å²) < 4.78 is 0. The third kappa shape index (κ3) is 15.4. The van der Waals surface area contributed by atoms with E-state index in [2.05, 4.69) is 56.7 Å². The van der Waals surface area contributed by atoms with E-state index in [0.29, 0.717) is 11.5 Å². The number of rotatable bonds is 15. The number of amides is 2. The van der Waals surface area contributed by atoms with E-state index < -0.39 is 29.7 Å². The highest BCUT2D eigenvalue weighted by atomic mass is 32.2. The van der Waals surface area contributed by atoms with Gasteiger partial charge in [-0.3, -0.25) is 19.8 Å². The zero-order valence-electron chi connectivity index (χ0n) is 19.5. The second-order valence-electron chi connectivity index (χ2n) is 8.07. The number of nitrogens with one attached hydrogen (secondary N) is 2. The molecule has 0 bridgehead atoms. The van der Waals surface area contributed by atoms with Crippen molar-refractivity contribution in [1.29, 1.82) is 0 Å². The van der Waals surface area contributed by atoms with Crippen molar-refractivity contribution in [1.82, 2.24) is 10.7 Å². The van der Waals surface area contributed by atoms with Crippen LogP contribution in [0.15, 0.2) is 34.9 Å². The topological polar surface area (TPSA) is 122 Å². The Morgan fingerprint density at radius 2 is 1.55 bits per heavy atom. The first-order valence-electron chi connectivity index (χ1n) is 10.6. The number of carbonyl (C=O) groups is 3. The number of hydrogen-bond acceptors (Lipinski definition) is 5. The fourth-order valence-corrected chi connectivity index (χ4v) is 3.69. The van der Waals surface area contributed by atoms with Gasteiger partial charge in [0.15, 0.2) is 0 Å². The van der Waals surface area contributed by atoms with Gasteiger partial charge in [0.05, 0.1) is 6.42 Å². The molecule has 0 aliphatic carbocycles. The van der Waals surface area contributed by atoms with E-state index >= 15 is 0 Å². The fraction of sp³-hybridized carbons (Fsp3) is 0.609. The molecule has 0 rings (SSSR count). The van der Waals surface area contributed by atoms with Crippen LogP contribution in [0.25, 0.3) is 0 Å². The van der Waals surface area contributed by atoms with Gasteiger partial charge in [-0.05, 0) is 53.4 Å². The van der Waals surface area contributed by atoms with Gasteiger partial charge in [0.1, 0.15) is 6.04 Å². The number of carboxylic acids is 1. The molecule has 0 fully saturated rings. The van der Waals surface area contributed by atoms with Crippen molar-refractivity contribution >= 4 is 29.5 Å². The van der Waals surface area contributed by atoms with Gasteiger partial charge < -0.3 is 10.4 Å². The van der Waals surface area contributed by atoms with E-state index in [1.165, 1.54) is 35.4 Å². The Morgan fingerprint density at radius 3 is 2.10 bits per heavy atom. The van der Waals surface area contributed by atoms with Crippen molar-refractivity contribution in [2.45, 2.75) is 72.8 Å². The van der Waals surface area contributed by atoms with Crippen LogP contribution in [0.1, 0.15) is 66.7 Å². The monoisotopic (exact) mass is 453 g/mol. The standard InChI is InChI=1S/C23H39N3O4S/c1-16(2)8-6-9-17(3)10-7-11-18(4)12-13-31-15-20(23(30)26-24)25-22(29)19(5)14-21(27)28/h8,10,12,19-20H,6-7,9,11,13-15,24H2,1-5H3,(H,25,29)(H,26,30)(H,27,28)/b17-10+,18-12+. The van der Waals surface area contributed by atoms with E-state index in [1.54, 1.807) is 0 Å². The Bertz CT molecular complexity index is 682. The Kier molecular flexibility index (Phi) is 15.5. The molecule has 0 aromatic rings. The normalized spacial score (nSPS) is 13.9. The maximum atomic E-state index is 12.1. The fourth-order valence-electron chi connectivity index (χ4n) is 2.68. The summed E-state index contributed by atoms with van der Waals surface area (Å²) in [6.45, 7) is 10.00. The smallest absolute Gasteiger partial charge is 0.304 e. The van der Waals surface area contributed by atoms with Crippen LogP contribution in [0, 0.1) is 5.92 Å². The lowest BCUT2D eigenvalue weighted by Gasteiger charge is -2.18. The van der Waals surface area contributed by atoms with Crippen molar-refractivity contribution in [3.63, 3.8) is 0 Å². The van der Waals surface area contributed by atoms with Crippen LogP contribution >= 0.6 is 11.8 Å². The largest absolute Gasteiger partial charge is 0.481 e. The second kappa shape index (κ2) is 16.6. The quantitative estimate of drug-likeness (QED) is 0.0985. The third-order valence-electron chi connectivity index (χ3n) is 4.66. The zero-order chi connectivity index (χ0) is 23.8. The highest BCUT2D eigenvalue weighted by Gasteiger charge is 2.24. The minimum atomic E-state index is -1.06. The van der Waals surface area contributed by atoms with Gasteiger partial charge in [-0.15, -0.1) is 0 Å². The zero-order valence-corrected chi connectivity index (χ0v) is 20.3. The third-order valence-corrected chi connectivity index (χ3v) is 5.63. The molecule has 31 heavy (non-hydrogen) atoms. The maximum Gasteiger partial charge on any atom is 0.304 e. The Hall–Kier alpha value is -2.06. The highest BCUT2D eigenvalue weighted by molar-refractivity contribution is 7.99. The first-order valence-corrected chi connectivity index (χ1v) is 11.8. The van der Waals surface area contributed by atoms with E-state index in [-0.39, 0.29) is 6.42 Å². The molecule has 0 saturated heterocycles. The van der Waals surface area contributed by atoms with Crippen molar-refractivity contribution in [2.75, 3.05) is 11.5 Å². The number of nitrogens with two attached hydrogens (primary N) is 1. The lowest BCUT2D eigenvalue weighted by molar-refractivity contribution is -0.141. The summed E-state index contributed by atoms with van der Waals surface area (Å²) in [4.78, 5) is 34.8. The molecule has 0 aliphatic rings. The number of allylic oxidation sites excluding steroid dienone is 5. The molecule has 0 spiro atoms. The van der Waals surface area contributed by atoms with Crippen molar-refractivity contribution < 1.29 is 19.5 Å². The molecule has 176 valence electrons. The summed E-state index contributed by atoms with van der Waals surface area (Å²) in [5, 5.41) is 11.4. The Labute approximate surface area is 191 Å². The molecule has 2 amide bonds. The van der Waals surface area contributed by atoms with Crippen LogP contribution in [0.3, 0.4) is 0 Å². The van der Waals surface area contributed by atoms with Gasteiger partial charge >= 0.3 is 5.97 Å². The van der Waals surface area contributed by atoms with Crippen LogP contribution in [-0.2, 0) is 14.4 Å². The van der Waals surface area contributed by atoms with E-state index in [0.717, 1.165) is 25.7 Å². The van der Waals surface area contributed by atoms with Gasteiger partial charge in [0.2, 0.25) is 5.91 Å². The van der Waals surface area contributed by atoms with E-state index in [4.69, 9.17) is 10.9 Å². The Morgan fingerprint density at radius 1 is 0.968 bits per heavy atom. The molecule has 5 N–H and O–H groups in total. The molecule has 0 aliphatic heterocycles. The van der Waals surface area contributed by atoms with Crippen LogP contribution in [0.5, 0.6) is 0 Å². The molecule has 2 atom stereocenters. The number of hydrogen-bond donors (Lipinski definition) is 4. The van der Waals surface area contributed by atoms with Crippen LogP contribution < -0.4 is 16.6 Å². The predicted molar refractivity (Wildman–Crippen MR) is 128 cm³/mol. The van der Waals surface area contributed by atoms with Gasteiger partial charge in [-0.1, -0.05) is 41.9 Å².